The molecule has 2 unspecified atom stereocenters. The predicted octanol–water partition coefficient (Wildman–Crippen LogP) is 3.55. The van der Waals surface area contributed by atoms with Gasteiger partial charge >= 0.3 is 0 Å². The van der Waals surface area contributed by atoms with Crippen LogP contribution in [0.3, 0.4) is 0 Å². The van der Waals surface area contributed by atoms with E-state index >= 15 is 0 Å². The van der Waals surface area contributed by atoms with Crippen molar-refractivity contribution in [3.05, 3.63) is 35.4 Å². The Morgan fingerprint density at radius 2 is 1.93 bits per heavy atom. The summed E-state index contributed by atoms with van der Waals surface area (Å²) in [6, 6.07) is 8.99. The Balaban J connectivity index is 1.94. The van der Waals surface area contributed by atoms with E-state index in [1.165, 1.54) is 12.8 Å². The van der Waals surface area contributed by atoms with Gasteiger partial charge in [-0.1, -0.05) is 45.0 Å². The molecule has 1 saturated carbocycles. The first-order valence-electron chi connectivity index (χ1n) is 5.62. The monoisotopic (exact) mass is 186 g/mol. The summed E-state index contributed by atoms with van der Waals surface area (Å²) in [6.07, 6.45) is 2.76. The zero-order chi connectivity index (χ0) is 9.97. The largest absolute Gasteiger partial charge is 0.0620 e. The molecule has 0 nitrogen and oxygen atoms in total. The summed E-state index contributed by atoms with van der Waals surface area (Å²) in [7, 11) is 0. The SMILES string of the molecule is CC(C)(C)C1CC12Cc1ccccc12. The van der Waals surface area contributed by atoms with Crippen molar-refractivity contribution in [1.29, 1.82) is 0 Å². The van der Waals surface area contributed by atoms with E-state index in [2.05, 4.69) is 45.0 Å². The van der Waals surface area contributed by atoms with E-state index < -0.39 is 0 Å². The second-order valence-electron chi connectivity index (χ2n) is 6.11. The number of hydrogen-bond acceptors (Lipinski definition) is 0. The van der Waals surface area contributed by atoms with E-state index in [0.29, 0.717) is 10.8 Å². The minimum atomic E-state index is 0.494. The standard InChI is InChI=1S/C14H18/c1-13(2,3)12-9-14(12)8-10-6-4-5-7-11(10)14/h4-7,12H,8-9H2,1-3H3. The van der Waals surface area contributed by atoms with Crippen molar-refractivity contribution in [2.75, 3.05) is 0 Å². The molecule has 3 rings (SSSR count). The third-order valence-electron chi connectivity index (χ3n) is 4.18. The molecular weight excluding hydrogens is 168 g/mol. The third kappa shape index (κ3) is 0.893. The van der Waals surface area contributed by atoms with Crippen LogP contribution in [0.5, 0.6) is 0 Å². The molecule has 1 aromatic rings. The summed E-state index contributed by atoms with van der Waals surface area (Å²) < 4.78 is 0. The average molecular weight is 186 g/mol. The lowest BCUT2D eigenvalue weighted by atomic mass is 9.69. The van der Waals surface area contributed by atoms with Gasteiger partial charge in [0.1, 0.15) is 0 Å². The molecule has 1 fully saturated rings. The fourth-order valence-electron chi connectivity index (χ4n) is 3.42. The van der Waals surface area contributed by atoms with Crippen LogP contribution in [-0.2, 0) is 11.8 Å². The molecule has 0 heteroatoms. The first-order chi connectivity index (χ1) is 6.54. The summed E-state index contributed by atoms with van der Waals surface area (Å²) in [5, 5.41) is 0. The molecule has 1 aromatic carbocycles. The molecule has 0 aliphatic heterocycles. The van der Waals surface area contributed by atoms with E-state index in [0.717, 1.165) is 5.92 Å². The highest BCUT2D eigenvalue weighted by molar-refractivity contribution is 5.51. The molecule has 0 amide bonds. The van der Waals surface area contributed by atoms with Crippen LogP contribution in [0, 0.1) is 11.3 Å². The van der Waals surface area contributed by atoms with Gasteiger partial charge in [-0.05, 0) is 35.3 Å². The highest BCUT2D eigenvalue weighted by Gasteiger charge is 2.64. The van der Waals surface area contributed by atoms with Crippen LogP contribution in [0.4, 0.5) is 0 Å². The van der Waals surface area contributed by atoms with Crippen molar-refractivity contribution in [3.8, 4) is 0 Å². The van der Waals surface area contributed by atoms with Gasteiger partial charge in [0.2, 0.25) is 0 Å². The Morgan fingerprint density at radius 1 is 1.21 bits per heavy atom. The molecule has 2 aliphatic carbocycles. The first kappa shape index (κ1) is 8.52. The Labute approximate surface area is 86.3 Å². The van der Waals surface area contributed by atoms with Gasteiger partial charge in [-0.3, -0.25) is 0 Å². The maximum Gasteiger partial charge on any atom is 0.00328 e. The zero-order valence-electron chi connectivity index (χ0n) is 9.30. The maximum atomic E-state index is 2.38. The van der Waals surface area contributed by atoms with Gasteiger partial charge in [-0.15, -0.1) is 0 Å². The topological polar surface area (TPSA) is 0 Å². The smallest absolute Gasteiger partial charge is 0.00328 e. The fourth-order valence-corrected chi connectivity index (χ4v) is 3.42. The van der Waals surface area contributed by atoms with Crippen molar-refractivity contribution in [2.45, 2.75) is 39.0 Å². The molecule has 2 aliphatic rings. The Kier molecular flexibility index (Phi) is 1.36. The molecule has 0 N–H and O–H groups in total. The number of rotatable bonds is 0. The van der Waals surface area contributed by atoms with E-state index in [9.17, 15) is 0 Å². The fraction of sp³-hybridized carbons (Fsp3) is 0.571. The van der Waals surface area contributed by atoms with Gasteiger partial charge in [0.25, 0.3) is 0 Å². The molecule has 2 atom stereocenters. The van der Waals surface area contributed by atoms with Gasteiger partial charge < -0.3 is 0 Å². The summed E-state index contributed by atoms with van der Waals surface area (Å²) >= 11 is 0. The highest BCUT2D eigenvalue weighted by atomic mass is 14.7. The quantitative estimate of drug-likeness (QED) is 0.581. The van der Waals surface area contributed by atoms with Crippen LogP contribution in [0.2, 0.25) is 0 Å². The summed E-state index contributed by atoms with van der Waals surface area (Å²) in [5.41, 5.74) is 4.35. The molecule has 0 aromatic heterocycles. The van der Waals surface area contributed by atoms with Gasteiger partial charge in [-0.25, -0.2) is 0 Å². The van der Waals surface area contributed by atoms with E-state index in [1.807, 2.05) is 0 Å². The van der Waals surface area contributed by atoms with Gasteiger partial charge in [-0.2, -0.15) is 0 Å². The van der Waals surface area contributed by atoms with Crippen LogP contribution < -0.4 is 0 Å². The van der Waals surface area contributed by atoms with Gasteiger partial charge in [0.05, 0.1) is 0 Å². The number of fused-ring (bicyclic) bond motifs is 2. The lowest BCUT2D eigenvalue weighted by Gasteiger charge is -2.35. The normalized spacial score (nSPS) is 33.8. The minimum absolute atomic E-state index is 0.494. The van der Waals surface area contributed by atoms with Crippen molar-refractivity contribution < 1.29 is 0 Å². The van der Waals surface area contributed by atoms with Crippen LogP contribution in [0.25, 0.3) is 0 Å². The van der Waals surface area contributed by atoms with Crippen molar-refractivity contribution in [1.82, 2.24) is 0 Å². The minimum Gasteiger partial charge on any atom is -0.0620 e. The van der Waals surface area contributed by atoms with Crippen molar-refractivity contribution in [3.63, 3.8) is 0 Å². The molecule has 74 valence electrons. The summed E-state index contributed by atoms with van der Waals surface area (Å²) in [6.45, 7) is 7.15. The Bertz CT molecular complexity index is 383. The lowest BCUT2D eigenvalue weighted by Crippen LogP contribution is -2.30. The van der Waals surface area contributed by atoms with Gasteiger partial charge in [0.15, 0.2) is 0 Å². The summed E-state index contributed by atoms with van der Waals surface area (Å²) in [5.74, 6) is 0.921. The molecule has 0 radical (unpaired) electrons. The van der Waals surface area contributed by atoms with E-state index in [-0.39, 0.29) is 0 Å². The van der Waals surface area contributed by atoms with E-state index in [1.54, 1.807) is 11.1 Å². The second kappa shape index (κ2) is 2.24. The molecular formula is C14H18. The van der Waals surface area contributed by atoms with Crippen LogP contribution >= 0.6 is 0 Å². The van der Waals surface area contributed by atoms with Crippen molar-refractivity contribution >= 4 is 0 Å². The zero-order valence-corrected chi connectivity index (χ0v) is 9.30. The van der Waals surface area contributed by atoms with Crippen LogP contribution in [0.1, 0.15) is 38.3 Å². The van der Waals surface area contributed by atoms with Gasteiger partial charge in [0, 0.05) is 5.41 Å². The maximum absolute atomic E-state index is 2.38. The molecule has 0 heterocycles. The average Bonchev–Trinajstić information content (AvgIpc) is 2.79. The number of benzene rings is 1. The Hall–Kier alpha value is -0.780. The van der Waals surface area contributed by atoms with Crippen LogP contribution in [0.15, 0.2) is 24.3 Å². The first-order valence-corrected chi connectivity index (χ1v) is 5.62. The molecule has 14 heavy (non-hydrogen) atoms. The predicted molar refractivity (Wildman–Crippen MR) is 59.4 cm³/mol. The van der Waals surface area contributed by atoms with E-state index in [4.69, 9.17) is 0 Å². The second-order valence-corrected chi connectivity index (χ2v) is 6.11. The van der Waals surface area contributed by atoms with Crippen LogP contribution in [-0.4, -0.2) is 0 Å². The highest BCUT2D eigenvalue weighted by Crippen LogP contribution is 2.68. The third-order valence-corrected chi connectivity index (χ3v) is 4.18. The molecule has 1 spiro atoms. The number of hydrogen-bond donors (Lipinski definition) is 0. The summed E-state index contributed by atoms with van der Waals surface area (Å²) in [4.78, 5) is 0. The Morgan fingerprint density at radius 3 is 2.50 bits per heavy atom. The molecule has 0 bridgehead atoms. The lowest BCUT2D eigenvalue weighted by molar-refractivity contribution is 0.303. The molecule has 0 saturated heterocycles. The van der Waals surface area contributed by atoms with Crippen molar-refractivity contribution in [2.24, 2.45) is 11.3 Å².